The van der Waals surface area contributed by atoms with Gasteiger partial charge in [0.05, 0.1) is 19.5 Å². The Bertz CT molecular complexity index is 2240. The van der Waals surface area contributed by atoms with E-state index in [0.717, 1.165) is 29.5 Å². The number of hydrogen-bond acceptors (Lipinski definition) is 17. The third kappa shape index (κ3) is 7.96. The number of fused-ring (bicyclic) bond motifs is 4. The summed E-state index contributed by atoms with van der Waals surface area (Å²) in [6.07, 6.45) is -11.8. The maximum absolute atomic E-state index is 16.5. The molecular weight excluding hydrogens is 798 g/mol. The number of nitrogens with one attached hydrogen (secondary N) is 1. The number of anilines is 1. The minimum Gasteiger partial charge on any atom is -0.415 e. The fourth-order valence-corrected chi connectivity index (χ4v) is 10.1. The molecule has 0 saturated carbocycles. The summed E-state index contributed by atoms with van der Waals surface area (Å²) in [5.41, 5.74) is 3.59. The van der Waals surface area contributed by atoms with E-state index in [0.29, 0.717) is 21.5 Å². The first-order valence-corrected chi connectivity index (χ1v) is 20.2. The number of carbonyl (C=O) groups is 1. The van der Waals surface area contributed by atoms with Crippen LogP contribution < -0.4 is 21.7 Å². The largest absolute Gasteiger partial charge is 0.472 e. The molecule has 0 spiro atoms. The third-order valence-electron chi connectivity index (χ3n) is 8.13. The molecule has 2 bridgehead atoms. The van der Waals surface area contributed by atoms with Gasteiger partial charge in [-0.2, -0.15) is 0 Å². The smallest absolute Gasteiger partial charge is 0.415 e. The zero-order valence-corrected chi connectivity index (χ0v) is 29.8. The lowest BCUT2D eigenvalue weighted by Crippen LogP contribution is -2.37. The molecule has 53 heavy (non-hydrogen) atoms. The van der Waals surface area contributed by atoms with Crippen LogP contribution in [0.5, 0.6) is 5.75 Å². The number of benzene rings is 1. The minimum atomic E-state index is -5.29. The zero-order valence-electron chi connectivity index (χ0n) is 26.5. The number of aromatic nitrogens is 6. The molecular formula is C27H26ClF2N7O13P2S. The monoisotopic (exact) mass is 823 g/mol. The van der Waals surface area contributed by atoms with Crippen LogP contribution in [0.2, 0.25) is 0 Å². The highest BCUT2D eigenvalue weighted by molar-refractivity contribution is 8.54. The summed E-state index contributed by atoms with van der Waals surface area (Å²) in [4.78, 5) is 60.1. The average molecular weight is 824 g/mol. The Balaban J connectivity index is 1.22. The zero-order chi connectivity index (χ0) is 37.7. The fourth-order valence-electron chi connectivity index (χ4n) is 5.69. The third-order valence-corrected chi connectivity index (χ3v) is 12.9. The number of H-pyrrole nitrogens is 1. The van der Waals surface area contributed by atoms with Crippen molar-refractivity contribution in [2.24, 2.45) is 0 Å². The Labute approximate surface area is 303 Å². The van der Waals surface area contributed by atoms with E-state index in [9.17, 15) is 28.4 Å². The van der Waals surface area contributed by atoms with Crippen molar-refractivity contribution in [3.63, 3.8) is 0 Å². The van der Waals surface area contributed by atoms with E-state index in [2.05, 4.69) is 15.0 Å². The Morgan fingerprint density at radius 3 is 2.47 bits per heavy atom. The van der Waals surface area contributed by atoms with E-state index in [1.165, 1.54) is 24.3 Å². The number of nitrogens with two attached hydrogens (primary N) is 1. The predicted octanol–water partition coefficient (Wildman–Crippen LogP) is 3.13. The Morgan fingerprint density at radius 1 is 1.00 bits per heavy atom. The molecule has 3 saturated heterocycles. The molecule has 2 unspecified atom stereocenters. The molecule has 10 atom stereocenters. The second-order valence-corrected chi connectivity index (χ2v) is 17.3. The standard InChI is InChI=1S/C27H26ClF2N7O13P2S/c28-26(39)46-13-3-1-12(2-4-13)9-53-52(43)45-7-14-17(29)21(25(47-14)36-6-5-16(38)35-27(36)40)49-51(41,42)44-8-15-20(50-52)18(30)24(48-15)37-11-34-19-22(31)32-10-33-23(19)37/h1-6,10-11,14-15,17-18,20-21,24-25H,7-9H2,(H,41,42)(H2,31,32,33)(H,35,38,40)/t14-,15-,17-,18-,20-,21-,24-,25-,52?/m1/s1. The summed E-state index contributed by atoms with van der Waals surface area (Å²) in [5, 5.41) is 0. The van der Waals surface area contributed by atoms with Gasteiger partial charge in [-0.25, -0.2) is 42.5 Å². The van der Waals surface area contributed by atoms with Gasteiger partial charge in [-0.3, -0.25) is 37.0 Å². The van der Waals surface area contributed by atoms with Crippen molar-refractivity contribution in [2.75, 3.05) is 18.9 Å². The Hall–Kier alpha value is -3.60. The number of phosphoric ester groups is 1. The van der Waals surface area contributed by atoms with Crippen molar-refractivity contribution in [2.45, 2.75) is 55.0 Å². The molecule has 0 amide bonds. The first-order chi connectivity index (χ1) is 25.2. The van der Waals surface area contributed by atoms with Crippen LogP contribution in [0.15, 0.2) is 58.8 Å². The van der Waals surface area contributed by atoms with Crippen molar-refractivity contribution < 1.29 is 59.9 Å². The van der Waals surface area contributed by atoms with Gasteiger partial charge >= 0.3 is 25.7 Å². The van der Waals surface area contributed by atoms with Crippen molar-refractivity contribution in [1.82, 2.24) is 29.1 Å². The molecule has 1 aromatic carbocycles. The number of nitrogen functional groups attached to an aromatic ring is 1. The molecule has 3 aliphatic heterocycles. The first kappa shape index (κ1) is 37.7. The lowest BCUT2D eigenvalue weighted by molar-refractivity contribution is -0.0652. The normalized spacial score (nSPS) is 33.4. The maximum atomic E-state index is 16.5. The number of nitrogens with zero attached hydrogens (tertiary/aromatic N) is 5. The summed E-state index contributed by atoms with van der Waals surface area (Å²) in [7, 11) is -5.29. The predicted molar refractivity (Wildman–Crippen MR) is 177 cm³/mol. The molecule has 3 fully saturated rings. The highest BCUT2D eigenvalue weighted by Crippen LogP contribution is 2.64. The van der Waals surface area contributed by atoms with Gasteiger partial charge in [-0.1, -0.05) is 12.1 Å². The molecule has 284 valence electrons. The van der Waals surface area contributed by atoms with E-state index in [4.69, 9.17) is 49.6 Å². The van der Waals surface area contributed by atoms with Crippen LogP contribution >= 0.6 is 37.6 Å². The number of ether oxygens (including phenoxy) is 3. The highest BCUT2D eigenvalue weighted by atomic mass is 35.5. The summed E-state index contributed by atoms with van der Waals surface area (Å²) in [5.74, 6) is -0.0319. The second kappa shape index (κ2) is 14.9. The van der Waals surface area contributed by atoms with Crippen LogP contribution in [0.1, 0.15) is 18.0 Å². The van der Waals surface area contributed by atoms with Crippen molar-refractivity contribution in [3.05, 3.63) is 75.6 Å². The van der Waals surface area contributed by atoms with Gasteiger partial charge in [0.1, 0.15) is 42.0 Å². The summed E-state index contributed by atoms with van der Waals surface area (Å²) in [6.45, 7) is -6.43. The Kier molecular flexibility index (Phi) is 10.6. The van der Waals surface area contributed by atoms with Gasteiger partial charge in [0.2, 0.25) is 0 Å². The molecule has 4 aromatic rings. The van der Waals surface area contributed by atoms with E-state index in [1.54, 1.807) is 0 Å². The van der Waals surface area contributed by atoms with Crippen LogP contribution in [0, 0.1) is 0 Å². The highest BCUT2D eigenvalue weighted by Gasteiger charge is 2.55. The molecule has 3 aliphatic rings. The number of rotatable bonds is 6. The van der Waals surface area contributed by atoms with E-state index in [1.807, 2.05) is 4.98 Å². The van der Waals surface area contributed by atoms with E-state index >= 15 is 8.78 Å². The van der Waals surface area contributed by atoms with Gasteiger partial charge in [0.15, 0.2) is 36.3 Å². The van der Waals surface area contributed by atoms with Gasteiger partial charge in [0, 0.05) is 29.6 Å². The van der Waals surface area contributed by atoms with Crippen LogP contribution in [0.3, 0.4) is 0 Å². The first-order valence-electron chi connectivity index (χ1n) is 15.2. The van der Waals surface area contributed by atoms with Crippen LogP contribution in [0.25, 0.3) is 11.2 Å². The van der Waals surface area contributed by atoms with Gasteiger partial charge in [0.25, 0.3) is 5.56 Å². The summed E-state index contributed by atoms with van der Waals surface area (Å²) in [6, 6.07) is 6.72. The number of alkyl halides is 2. The second-order valence-electron chi connectivity index (χ2n) is 11.5. The lowest BCUT2D eigenvalue weighted by atomic mass is 10.1. The van der Waals surface area contributed by atoms with E-state index in [-0.39, 0.29) is 28.5 Å². The van der Waals surface area contributed by atoms with Gasteiger partial charge < -0.3 is 24.8 Å². The lowest BCUT2D eigenvalue weighted by Gasteiger charge is -2.27. The summed E-state index contributed by atoms with van der Waals surface area (Å²) >= 11 is 5.82. The van der Waals surface area contributed by atoms with Crippen LogP contribution in [-0.4, -0.2) is 89.4 Å². The maximum Gasteiger partial charge on any atom is 0.472 e. The topological polar surface area (TPSA) is 261 Å². The summed E-state index contributed by atoms with van der Waals surface area (Å²) < 4.78 is 100. The van der Waals surface area contributed by atoms with Crippen molar-refractivity contribution in [1.29, 1.82) is 0 Å². The number of imidazole rings is 1. The average Bonchev–Trinajstić information content (AvgIpc) is 3.76. The Morgan fingerprint density at radius 2 is 1.74 bits per heavy atom. The molecule has 0 radical (unpaired) electrons. The molecule has 0 aliphatic carbocycles. The van der Waals surface area contributed by atoms with Crippen molar-refractivity contribution in [3.8, 4) is 5.75 Å². The van der Waals surface area contributed by atoms with Gasteiger partial charge in [-0.15, -0.1) is 0 Å². The molecule has 3 aromatic heterocycles. The molecule has 7 rings (SSSR count). The molecule has 6 heterocycles. The quantitative estimate of drug-likeness (QED) is 0.186. The van der Waals surface area contributed by atoms with E-state index < -0.39 is 93.7 Å². The number of phosphoric acid groups is 1. The van der Waals surface area contributed by atoms with Crippen LogP contribution in [0.4, 0.5) is 19.4 Å². The van der Waals surface area contributed by atoms with Crippen LogP contribution in [-0.2, 0) is 42.5 Å². The number of hydrogen-bond donors (Lipinski definition) is 3. The minimum absolute atomic E-state index is 0.0174. The molecule has 4 N–H and O–H groups in total. The number of aromatic amines is 1. The molecule has 26 heteroatoms. The number of carbonyl (C=O) groups excluding carboxylic acids is 1. The fraction of sp³-hybridized carbons (Fsp3) is 0.407. The molecule has 20 nitrogen and oxygen atoms in total. The van der Waals surface area contributed by atoms with Crippen molar-refractivity contribution >= 4 is 60.0 Å². The number of halogens is 3. The van der Waals surface area contributed by atoms with Gasteiger partial charge in [-0.05, 0) is 29.1 Å². The SMILES string of the molecule is Nc1ncnc2c1ncn2[C@@H]1O[C@@H]2COP(=O)(O)O[C@@H]3[C@H](F)[C@@H](COP(=O)(SCc4ccc(OC(=O)Cl)cc4)O[C@H]2[C@H]1F)O[C@H]3n1ccc(=O)[nH]c1=O.